The summed E-state index contributed by atoms with van der Waals surface area (Å²) in [5, 5.41) is 2.86. The molecule has 2 aromatic heterocycles. The van der Waals surface area contributed by atoms with Crippen molar-refractivity contribution in [3.63, 3.8) is 0 Å². The van der Waals surface area contributed by atoms with Crippen molar-refractivity contribution in [2.45, 2.75) is 20.4 Å². The molecule has 0 atom stereocenters. The Kier molecular flexibility index (Phi) is 4.99. The second kappa shape index (κ2) is 7.42. The lowest BCUT2D eigenvalue weighted by atomic mass is 10.1. The Morgan fingerprint density at radius 1 is 1.30 bits per heavy atom. The highest BCUT2D eigenvalue weighted by Crippen LogP contribution is 2.32. The average Bonchev–Trinajstić information content (AvgIpc) is 3.16. The zero-order valence-corrected chi connectivity index (χ0v) is 16.2. The van der Waals surface area contributed by atoms with Gasteiger partial charge >= 0.3 is 0 Å². The van der Waals surface area contributed by atoms with Crippen LogP contribution in [-0.4, -0.2) is 42.1 Å². The van der Waals surface area contributed by atoms with E-state index in [2.05, 4.69) is 28.2 Å². The lowest BCUT2D eigenvalue weighted by Gasteiger charge is -2.26. The van der Waals surface area contributed by atoms with Gasteiger partial charge in [-0.1, -0.05) is 6.07 Å². The van der Waals surface area contributed by atoms with Crippen LogP contribution < -0.4 is 5.32 Å². The van der Waals surface area contributed by atoms with Crippen molar-refractivity contribution in [3.8, 4) is 0 Å². The van der Waals surface area contributed by atoms with Crippen molar-refractivity contribution >= 4 is 33.1 Å². The van der Waals surface area contributed by atoms with Crippen molar-refractivity contribution in [1.29, 1.82) is 0 Å². The van der Waals surface area contributed by atoms with E-state index >= 15 is 0 Å². The number of anilines is 1. The molecular weight excluding hydrogens is 365 g/mol. The van der Waals surface area contributed by atoms with Gasteiger partial charge in [0, 0.05) is 35.8 Å². The Hall–Kier alpha value is -2.22. The summed E-state index contributed by atoms with van der Waals surface area (Å²) in [7, 11) is 0. The lowest BCUT2D eigenvalue weighted by molar-refractivity contribution is 0.0343. The van der Waals surface area contributed by atoms with Crippen LogP contribution in [0.4, 0.5) is 10.1 Å². The van der Waals surface area contributed by atoms with E-state index in [0.717, 1.165) is 34.4 Å². The fourth-order valence-corrected chi connectivity index (χ4v) is 4.40. The van der Waals surface area contributed by atoms with Gasteiger partial charge in [-0.2, -0.15) is 0 Å². The molecule has 1 aromatic carbocycles. The molecular formula is C20H22FN3O2S. The Morgan fingerprint density at radius 2 is 2.07 bits per heavy atom. The smallest absolute Gasteiger partial charge is 0.272 e. The molecule has 0 aliphatic carbocycles. The minimum atomic E-state index is -0.368. The van der Waals surface area contributed by atoms with Crippen LogP contribution in [0.3, 0.4) is 0 Å². The summed E-state index contributed by atoms with van der Waals surface area (Å²) in [5.74, 6) is -0.611. The van der Waals surface area contributed by atoms with Crippen molar-refractivity contribution in [2.75, 3.05) is 31.6 Å². The van der Waals surface area contributed by atoms with Crippen LogP contribution in [0.5, 0.6) is 0 Å². The van der Waals surface area contributed by atoms with Crippen LogP contribution in [-0.2, 0) is 11.3 Å². The molecule has 142 valence electrons. The van der Waals surface area contributed by atoms with E-state index in [1.54, 1.807) is 17.4 Å². The number of thiophene rings is 1. The molecule has 1 aliphatic heterocycles. The summed E-state index contributed by atoms with van der Waals surface area (Å²) < 4.78 is 20.1. The third-order valence-corrected chi connectivity index (χ3v) is 5.96. The number of carbonyl (C=O) groups excluding carboxylic acids is 1. The monoisotopic (exact) mass is 387 g/mol. The summed E-state index contributed by atoms with van der Waals surface area (Å²) in [6.07, 6.45) is 0. The molecule has 1 aliphatic rings. The van der Waals surface area contributed by atoms with Crippen LogP contribution in [0, 0.1) is 19.7 Å². The largest absolute Gasteiger partial charge is 0.379 e. The number of rotatable bonds is 4. The third kappa shape index (κ3) is 3.76. The van der Waals surface area contributed by atoms with E-state index in [4.69, 9.17) is 4.74 Å². The zero-order chi connectivity index (χ0) is 19.0. The van der Waals surface area contributed by atoms with Crippen LogP contribution >= 0.6 is 11.3 Å². The number of hydrogen-bond donors (Lipinski definition) is 2. The van der Waals surface area contributed by atoms with Gasteiger partial charge in [0.1, 0.15) is 11.5 Å². The minimum absolute atomic E-state index is 0.243. The SMILES string of the molecule is Cc1cc2[nH]c(C(=O)Nc3cc(F)ccc3C)c(CN3CCOCC3)c2s1. The fraction of sp³-hybridized carbons (Fsp3) is 0.350. The first-order chi connectivity index (χ1) is 13.0. The molecule has 0 radical (unpaired) electrons. The van der Waals surface area contributed by atoms with Gasteiger partial charge < -0.3 is 15.0 Å². The molecule has 1 amide bonds. The van der Waals surface area contributed by atoms with Crippen molar-refractivity contribution < 1.29 is 13.9 Å². The highest BCUT2D eigenvalue weighted by molar-refractivity contribution is 7.19. The van der Waals surface area contributed by atoms with E-state index in [-0.39, 0.29) is 11.7 Å². The molecule has 0 bridgehead atoms. The second-order valence-corrected chi connectivity index (χ2v) is 8.14. The topological polar surface area (TPSA) is 57.4 Å². The molecule has 2 N–H and O–H groups in total. The summed E-state index contributed by atoms with van der Waals surface area (Å²) in [5.41, 5.74) is 3.83. The molecule has 3 heterocycles. The predicted molar refractivity (Wildman–Crippen MR) is 106 cm³/mol. The number of ether oxygens (including phenoxy) is 1. The average molecular weight is 387 g/mol. The maximum atomic E-state index is 13.6. The van der Waals surface area contributed by atoms with E-state index in [0.29, 0.717) is 31.1 Å². The van der Waals surface area contributed by atoms with Gasteiger partial charge in [-0.3, -0.25) is 9.69 Å². The number of halogens is 1. The molecule has 27 heavy (non-hydrogen) atoms. The molecule has 4 rings (SSSR count). The molecule has 1 fully saturated rings. The number of aromatic nitrogens is 1. The van der Waals surface area contributed by atoms with E-state index in [1.807, 2.05) is 6.92 Å². The van der Waals surface area contributed by atoms with E-state index in [1.165, 1.54) is 17.0 Å². The van der Waals surface area contributed by atoms with Gasteiger partial charge in [-0.15, -0.1) is 11.3 Å². The lowest BCUT2D eigenvalue weighted by Crippen LogP contribution is -2.36. The number of morpholine rings is 1. The van der Waals surface area contributed by atoms with Crippen molar-refractivity contribution in [2.24, 2.45) is 0 Å². The summed E-state index contributed by atoms with van der Waals surface area (Å²) in [6, 6.07) is 6.47. The molecule has 5 nitrogen and oxygen atoms in total. The highest BCUT2D eigenvalue weighted by Gasteiger charge is 2.23. The molecule has 1 saturated heterocycles. The van der Waals surface area contributed by atoms with Crippen LogP contribution in [0.2, 0.25) is 0 Å². The first kappa shape index (κ1) is 18.2. The Bertz CT molecular complexity index is 989. The summed E-state index contributed by atoms with van der Waals surface area (Å²) in [4.78, 5) is 19.8. The molecule has 7 heteroatoms. The number of carbonyl (C=O) groups is 1. The maximum Gasteiger partial charge on any atom is 0.272 e. The first-order valence-corrected chi connectivity index (χ1v) is 9.81. The van der Waals surface area contributed by atoms with Gasteiger partial charge in [0.05, 0.1) is 23.4 Å². The van der Waals surface area contributed by atoms with Crippen molar-refractivity contribution in [3.05, 3.63) is 51.8 Å². The fourth-order valence-electron chi connectivity index (χ4n) is 3.40. The number of hydrogen-bond acceptors (Lipinski definition) is 4. The van der Waals surface area contributed by atoms with Gasteiger partial charge in [-0.25, -0.2) is 4.39 Å². The number of aryl methyl sites for hydroxylation is 2. The number of nitrogens with zero attached hydrogens (tertiary/aromatic N) is 1. The quantitative estimate of drug-likeness (QED) is 0.710. The molecule has 0 saturated carbocycles. The predicted octanol–water partition coefficient (Wildman–Crippen LogP) is 4.07. The van der Waals surface area contributed by atoms with Crippen LogP contribution in [0.25, 0.3) is 10.2 Å². The van der Waals surface area contributed by atoms with Crippen molar-refractivity contribution in [1.82, 2.24) is 9.88 Å². The number of aromatic amines is 1. The highest BCUT2D eigenvalue weighted by atomic mass is 32.1. The Labute approximate surface area is 161 Å². The minimum Gasteiger partial charge on any atom is -0.379 e. The molecule has 3 aromatic rings. The summed E-state index contributed by atoms with van der Waals surface area (Å²) in [6.45, 7) is 7.71. The first-order valence-electron chi connectivity index (χ1n) is 9.00. The van der Waals surface area contributed by atoms with Gasteiger partial charge in [0.25, 0.3) is 5.91 Å². The molecule has 0 unspecified atom stereocenters. The summed E-state index contributed by atoms with van der Waals surface area (Å²) >= 11 is 1.69. The number of amides is 1. The van der Waals surface area contributed by atoms with Crippen LogP contribution in [0.1, 0.15) is 26.5 Å². The van der Waals surface area contributed by atoms with Crippen LogP contribution in [0.15, 0.2) is 24.3 Å². The normalized spacial score (nSPS) is 15.4. The standard InChI is InChI=1S/C20H22FN3O2S/c1-12-3-4-14(21)10-16(12)23-20(25)18-15(11-24-5-7-26-8-6-24)19-17(22-18)9-13(2)27-19/h3-4,9-10,22H,5-8,11H2,1-2H3,(H,23,25). The van der Waals surface area contributed by atoms with Gasteiger partial charge in [-0.05, 0) is 37.6 Å². The van der Waals surface area contributed by atoms with Gasteiger partial charge in [0.15, 0.2) is 0 Å². The maximum absolute atomic E-state index is 13.6. The van der Waals surface area contributed by atoms with Gasteiger partial charge in [0.2, 0.25) is 0 Å². The second-order valence-electron chi connectivity index (χ2n) is 6.88. The number of benzene rings is 1. The number of fused-ring (bicyclic) bond motifs is 1. The number of H-pyrrole nitrogens is 1. The Balaban J connectivity index is 1.67. The van der Waals surface area contributed by atoms with E-state index in [9.17, 15) is 9.18 Å². The number of nitrogens with one attached hydrogen (secondary N) is 2. The zero-order valence-electron chi connectivity index (χ0n) is 15.4. The Morgan fingerprint density at radius 3 is 2.85 bits per heavy atom. The molecule has 0 spiro atoms. The third-order valence-electron chi connectivity index (χ3n) is 4.85. The van der Waals surface area contributed by atoms with E-state index < -0.39 is 0 Å².